The van der Waals surface area contributed by atoms with E-state index in [-0.39, 0.29) is 17.2 Å². The highest BCUT2D eigenvalue weighted by Gasteiger charge is 2.40. The standard InChI is InChI=1S/C12H9ClF3N5S/c1-20-5-4-8(18-20)21-11(17)9(6-2-3-7(13)22-6)10(19-21)12(14,15)16/h2-5H,17H2,1H3. The van der Waals surface area contributed by atoms with Crippen LogP contribution in [0.1, 0.15) is 5.69 Å². The molecular formula is C12H9ClF3N5S. The summed E-state index contributed by atoms with van der Waals surface area (Å²) in [5, 5.41) is 7.63. The molecule has 0 amide bonds. The average Bonchev–Trinajstić information content (AvgIpc) is 3.08. The number of nitrogens with two attached hydrogens (primary N) is 1. The van der Waals surface area contributed by atoms with Gasteiger partial charge in [-0.1, -0.05) is 11.6 Å². The Kier molecular flexibility index (Phi) is 3.41. The van der Waals surface area contributed by atoms with Crippen molar-refractivity contribution in [2.75, 3.05) is 5.73 Å². The first-order valence-corrected chi connectivity index (χ1v) is 7.18. The summed E-state index contributed by atoms with van der Waals surface area (Å²) in [6.45, 7) is 0. The van der Waals surface area contributed by atoms with Gasteiger partial charge in [0.15, 0.2) is 11.5 Å². The van der Waals surface area contributed by atoms with Gasteiger partial charge in [-0.2, -0.15) is 28.1 Å². The summed E-state index contributed by atoms with van der Waals surface area (Å²) in [5.74, 6) is 0.0731. The Morgan fingerprint density at radius 3 is 2.45 bits per heavy atom. The monoisotopic (exact) mass is 347 g/mol. The minimum atomic E-state index is -4.64. The molecule has 0 spiro atoms. The molecule has 0 bridgehead atoms. The van der Waals surface area contributed by atoms with Gasteiger partial charge in [-0.3, -0.25) is 4.68 Å². The van der Waals surface area contributed by atoms with E-state index in [0.717, 1.165) is 16.0 Å². The fraction of sp³-hybridized carbons (Fsp3) is 0.167. The van der Waals surface area contributed by atoms with E-state index in [0.29, 0.717) is 9.21 Å². The van der Waals surface area contributed by atoms with Gasteiger partial charge in [0.25, 0.3) is 0 Å². The van der Waals surface area contributed by atoms with Crippen LogP contribution in [0.25, 0.3) is 16.3 Å². The van der Waals surface area contributed by atoms with Crippen LogP contribution in [-0.4, -0.2) is 19.6 Å². The fourth-order valence-electron chi connectivity index (χ4n) is 2.01. The van der Waals surface area contributed by atoms with Crippen LogP contribution in [0.5, 0.6) is 0 Å². The van der Waals surface area contributed by atoms with Crippen LogP contribution in [0.15, 0.2) is 24.4 Å². The van der Waals surface area contributed by atoms with Crippen LogP contribution >= 0.6 is 22.9 Å². The molecule has 22 heavy (non-hydrogen) atoms. The number of hydrogen-bond acceptors (Lipinski definition) is 4. The molecule has 0 fully saturated rings. The van der Waals surface area contributed by atoms with Gasteiger partial charge >= 0.3 is 6.18 Å². The number of thiophene rings is 1. The zero-order chi connectivity index (χ0) is 16.1. The maximum Gasteiger partial charge on any atom is 0.435 e. The predicted molar refractivity (Wildman–Crippen MR) is 78.1 cm³/mol. The summed E-state index contributed by atoms with van der Waals surface area (Å²) in [7, 11) is 1.65. The lowest BCUT2D eigenvalue weighted by molar-refractivity contribution is -0.140. The van der Waals surface area contributed by atoms with Crippen molar-refractivity contribution in [2.24, 2.45) is 7.05 Å². The number of anilines is 1. The van der Waals surface area contributed by atoms with Crippen LogP contribution in [-0.2, 0) is 13.2 Å². The van der Waals surface area contributed by atoms with Crippen molar-refractivity contribution < 1.29 is 13.2 Å². The molecule has 0 saturated heterocycles. The average molecular weight is 348 g/mol. The third-order valence-electron chi connectivity index (χ3n) is 2.93. The Bertz CT molecular complexity index is 832. The van der Waals surface area contributed by atoms with Gasteiger partial charge in [0, 0.05) is 24.2 Å². The van der Waals surface area contributed by atoms with Gasteiger partial charge in [0.2, 0.25) is 0 Å². The summed E-state index contributed by atoms with van der Waals surface area (Å²) in [5.41, 5.74) is 4.65. The van der Waals surface area contributed by atoms with E-state index < -0.39 is 11.9 Å². The number of halogens is 4. The van der Waals surface area contributed by atoms with E-state index in [2.05, 4.69) is 10.2 Å². The highest BCUT2D eigenvalue weighted by Crippen LogP contribution is 2.43. The summed E-state index contributed by atoms with van der Waals surface area (Å²) in [6, 6.07) is 4.52. The van der Waals surface area contributed by atoms with Gasteiger partial charge in [0.1, 0.15) is 5.82 Å². The Balaban J connectivity index is 2.25. The predicted octanol–water partition coefficient (Wildman–Crippen LogP) is 3.59. The number of hydrogen-bond donors (Lipinski definition) is 1. The lowest BCUT2D eigenvalue weighted by atomic mass is 10.2. The lowest BCUT2D eigenvalue weighted by Crippen LogP contribution is -2.08. The van der Waals surface area contributed by atoms with E-state index in [1.165, 1.54) is 22.9 Å². The fourth-order valence-corrected chi connectivity index (χ4v) is 3.11. The molecule has 0 aliphatic heterocycles. The highest BCUT2D eigenvalue weighted by atomic mass is 35.5. The first kappa shape index (κ1) is 14.9. The van der Waals surface area contributed by atoms with Crippen molar-refractivity contribution in [2.45, 2.75) is 6.18 Å². The quantitative estimate of drug-likeness (QED) is 0.770. The van der Waals surface area contributed by atoms with E-state index in [1.807, 2.05) is 0 Å². The van der Waals surface area contributed by atoms with Crippen LogP contribution in [0, 0.1) is 0 Å². The Morgan fingerprint density at radius 2 is 1.95 bits per heavy atom. The third kappa shape index (κ3) is 2.46. The first-order chi connectivity index (χ1) is 10.3. The maximum atomic E-state index is 13.3. The van der Waals surface area contributed by atoms with Crippen molar-refractivity contribution in [1.82, 2.24) is 19.6 Å². The molecule has 0 unspecified atom stereocenters. The Hall–Kier alpha value is -2.00. The number of alkyl halides is 3. The second kappa shape index (κ2) is 5.03. The largest absolute Gasteiger partial charge is 0.435 e. The normalized spacial score (nSPS) is 12.0. The zero-order valence-corrected chi connectivity index (χ0v) is 12.7. The second-order valence-electron chi connectivity index (χ2n) is 4.47. The molecule has 0 aliphatic carbocycles. The summed E-state index contributed by atoms with van der Waals surface area (Å²) in [4.78, 5) is 0.303. The van der Waals surface area contributed by atoms with E-state index in [1.54, 1.807) is 13.2 Å². The maximum absolute atomic E-state index is 13.3. The molecule has 3 aromatic rings. The summed E-state index contributed by atoms with van der Waals surface area (Å²) in [6.07, 6.45) is -3.05. The van der Waals surface area contributed by atoms with Crippen molar-refractivity contribution >= 4 is 28.8 Å². The molecule has 0 saturated carbocycles. The van der Waals surface area contributed by atoms with Crippen LogP contribution in [0.2, 0.25) is 4.34 Å². The molecular weight excluding hydrogens is 339 g/mol. The van der Waals surface area contributed by atoms with Crippen molar-refractivity contribution in [1.29, 1.82) is 0 Å². The molecule has 0 aromatic carbocycles. The van der Waals surface area contributed by atoms with E-state index in [9.17, 15) is 13.2 Å². The molecule has 0 atom stereocenters. The Labute approximate surface area is 131 Å². The van der Waals surface area contributed by atoms with Crippen molar-refractivity contribution in [3.8, 4) is 16.3 Å². The third-order valence-corrected chi connectivity index (χ3v) is 4.17. The molecule has 3 rings (SSSR count). The van der Waals surface area contributed by atoms with Crippen molar-refractivity contribution in [3.05, 3.63) is 34.4 Å². The molecule has 116 valence electrons. The number of aromatic nitrogens is 4. The number of nitrogen functional groups attached to an aromatic ring is 1. The van der Waals surface area contributed by atoms with Gasteiger partial charge in [-0.05, 0) is 12.1 Å². The van der Waals surface area contributed by atoms with E-state index >= 15 is 0 Å². The first-order valence-electron chi connectivity index (χ1n) is 5.99. The molecule has 0 radical (unpaired) electrons. The topological polar surface area (TPSA) is 61.7 Å². The van der Waals surface area contributed by atoms with Gasteiger partial charge in [0.05, 0.1) is 9.90 Å². The summed E-state index contributed by atoms with van der Waals surface area (Å²) >= 11 is 6.82. The van der Waals surface area contributed by atoms with Crippen LogP contribution in [0.3, 0.4) is 0 Å². The smallest absolute Gasteiger partial charge is 0.383 e. The molecule has 10 heteroatoms. The van der Waals surface area contributed by atoms with Gasteiger partial charge in [-0.15, -0.1) is 11.3 Å². The summed E-state index contributed by atoms with van der Waals surface area (Å²) < 4.78 is 42.6. The van der Waals surface area contributed by atoms with Crippen LogP contribution < -0.4 is 5.73 Å². The Morgan fingerprint density at radius 1 is 1.23 bits per heavy atom. The molecule has 3 heterocycles. The van der Waals surface area contributed by atoms with Crippen molar-refractivity contribution in [3.63, 3.8) is 0 Å². The zero-order valence-electron chi connectivity index (χ0n) is 11.1. The number of rotatable bonds is 2. The second-order valence-corrected chi connectivity index (χ2v) is 6.18. The van der Waals surface area contributed by atoms with Gasteiger partial charge < -0.3 is 5.73 Å². The minimum absolute atomic E-state index is 0.135. The molecule has 3 aromatic heterocycles. The van der Waals surface area contributed by atoms with Crippen LogP contribution in [0.4, 0.5) is 19.0 Å². The number of nitrogens with zero attached hydrogens (tertiary/aromatic N) is 4. The SMILES string of the molecule is Cn1ccc(-n2nc(C(F)(F)F)c(-c3ccc(Cl)s3)c2N)n1. The number of aryl methyl sites for hydroxylation is 1. The molecule has 0 aliphatic rings. The highest BCUT2D eigenvalue weighted by molar-refractivity contribution is 7.19. The molecule has 2 N–H and O–H groups in total. The van der Waals surface area contributed by atoms with Gasteiger partial charge in [-0.25, -0.2) is 0 Å². The molecule has 5 nitrogen and oxygen atoms in total. The van der Waals surface area contributed by atoms with E-state index in [4.69, 9.17) is 17.3 Å². The minimum Gasteiger partial charge on any atom is -0.383 e. The lowest BCUT2D eigenvalue weighted by Gasteiger charge is -2.04.